The standard InChI is InChI=1S/C33H35F3N6O2S/c1-22(2)29-18-28(43-4)15-16-30(29)42-23(3)19-45-32(42)38-20-37-17-5-6-24-7-9-25(10-8-24)31-39-21-41(40-31)26-11-13-27(14-12-26)44-33(34,35)36/h7-16,18-19,21-22,37H,5-6,17,20H2,1-4H3/b38-32-. The van der Waals surface area contributed by atoms with Crippen LogP contribution in [0.2, 0.25) is 0 Å². The van der Waals surface area contributed by atoms with Gasteiger partial charge in [0.1, 0.15) is 17.8 Å². The molecule has 45 heavy (non-hydrogen) atoms. The minimum Gasteiger partial charge on any atom is -0.497 e. The van der Waals surface area contributed by atoms with E-state index in [9.17, 15) is 13.2 Å². The number of alkyl halides is 3. The molecule has 3 aromatic carbocycles. The summed E-state index contributed by atoms with van der Waals surface area (Å²) < 4.78 is 50.3. The molecule has 0 radical (unpaired) electrons. The van der Waals surface area contributed by atoms with E-state index < -0.39 is 6.36 Å². The van der Waals surface area contributed by atoms with Crippen LogP contribution in [0, 0.1) is 6.92 Å². The van der Waals surface area contributed by atoms with Crippen molar-refractivity contribution in [2.45, 2.75) is 45.9 Å². The summed E-state index contributed by atoms with van der Waals surface area (Å²) in [6.45, 7) is 7.82. The van der Waals surface area contributed by atoms with Crippen LogP contribution in [0.15, 0.2) is 83.4 Å². The van der Waals surface area contributed by atoms with Gasteiger partial charge in [0.25, 0.3) is 0 Å². The van der Waals surface area contributed by atoms with E-state index in [1.807, 2.05) is 18.2 Å². The number of nitrogens with one attached hydrogen (secondary N) is 1. The lowest BCUT2D eigenvalue weighted by Gasteiger charge is -2.16. The maximum absolute atomic E-state index is 12.4. The molecule has 0 spiro atoms. The third-order valence-corrected chi connectivity index (χ3v) is 8.14. The normalized spacial score (nSPS) is 12.2. The fraction of sp³-hybridized carbons (Fsp3) is 0.303. The molecule has 5 aromatic rings. The minimum absolute atomic E-state index is 0.289. The number of methoxy groups -OCH3 is 1. The number of aryl methyl sites for hydroxylation is 2. The molecule has 0 atom stereocenters. The summed E-state index contributed by atoms with van der Waals surface area (Å²) in [6, 6.07) is 19.7. The number of ether oxygens (including phenoxy) is 2. The highest BCUT2D eigenvalue weighted by Crippen LogP contribution is 2.28. The molecule has 12 heteroatoms. The molecule has 236 valence electrons. The monoisotopic (exact) mass is 636 g/mol. The molecule has 2 aromatic heterocycles. The van der Waals surface area contributed by atoms with E-state index in [2.05, 4.69) is 75.1 Å². The van der Waals surface area contributed by atoms with Crippen molar-refractivity contribution < 1.29 is 22.6 Å². The van der Waals surface area contributed by atoms with Gasteiger partial charge in [0.2, 0.25) is 0 Å². The molecule has 0 bridgehead atoms. The van der Waals surface area contributed by atoms with Crippen molar-refractivity contribution in [2.75, 3.05) is 20.3 Å². The van der Waals surface area contributed by atoms with Crippen molar-refractivity contribution in [3.63, 3.8) is 0 Å². The second kappa shape index (κ2) is 14.1. The van der Waals surface area contributed by atoms with Gasteiger partial charge in [0, 0.05) is 16.6 Å². The van der Waals surface area contributed by atoms with E-state index >= 15 is 0 Å². The number of aromatic nitrogens is 4. The van der Waals surface area contributed by atoms with Crippen molar-refractivity contribution in [3.8, 4) is 34.3 Å². The Hall–Kier alpha value is -4.42. The Labute approximate surface area is 263 Å². The molecule has 2 heterocycles. The van der Waals surface area contributed by atoms with Crippen molar-refractivity contribution in [2.24, 2.45) is 4.99 Å². The van der Waals surface area contributed by atoms with Crippen LogP contribution >= 0.6 is 11.3 Å². The van der Waals surface area contributed by atoms with Crippen LogP contribution in [0.3, 0.4) is 0 Å². The predicted molar refractivity (Wildman–Crippen MR) is 169 cm³/mol. The highest BCUT2D eigenvalue weighted by Gasteiger charge is 2.31. The molecule has 0 aliphatic carbocycles. The average Bonchev–Trinajstić information content (AvgIpc) is 3.65. The molecule has 8 nitrogen and oxygen atoms in total. The number of halogens is 3. The lowest BCUT2D eigenvalue weighted by Crippen LogP contribution is -2.22. The lowest BCUT2D eigenvalue weighted by molar-refractivity contribution is -0.274. The summed E-state index contributed by atoms with van der Waals surface area (Å²) in [7, 11) is 1.69. The number of hydrogen-bond donors (Lipinski definition) is 1. The largest absolute Gasteiger partial charge is 0.573 e. The third-order valence-electron chi connectivity index (χ3n) is 7.16. The third kappa shape index (κ3) is 8.20. The van der Waals surface area contributed by atoms with E-state index in [1.165, 1.54) is 46.4 Å². The van der Waals surface area contributed by atoms with E-state index in [-0.39, 0.29) is 5.75 Å². The first-order chi connectivity index (χ1) is 21.6. The van der Waals surface area contributed by atoms with Crippen LogP contribution in [0.4, 0.5) is 13.2 Å². The zero-order valence-electron chi connectivity index (χ0n) is 25.5. The number of nitrogens with zero attached hydrogens (tertiary/aromatic N) is 5. The summed E-state index contributed by atoms with van der Waals surface area (Å²) in [6.07, 6.45) is -1.35. The number of rotatable bonds is 12. The minimum atomic E-state index is -4.73. The fourth-order valence-electron chi connectivity index (χ4n) is 4.88. The van der Waals surface area contributed by atoms with Crippen LogP contribution in [-0.4, -0.2) is 46.0 Å². The Morgan fingerprint density at radius 2 is 1.73 bits per heavy atom. The quantitative estimate of drug-likeness (QED) is 0.147. The van der Waals surface area contributed by atoms with Gasteiger partial charge in [-0.3, -0.25) is 9.88 Å². The Balaban J connectivity index is 1.13. The van der Waals surface area contributed by atoms with Crippen LogP contribution < -0.4 is 19.6 Å². The second-order valence-electron chi connectivity index (χ2n) is 10.7. The van der Waals surface area contributed by atoms with Crippen LogP contribution in [0.25, 0.3) is 22.8 Å². The SMILES string of the molecule is COc1ccc(-n2c(C)cs/c2=N\CNCCCc2ccc(-c3ncn(-c4ccc(OC(F)(F)F)cc4)n3)cc2)c(C(C)C)c1. The molecule has 0 unspecified atom stereocenters. The average molecular weight is 637 g/mol. The molecular weight excluding hydrogens is 601 g/mol. The Kier molecular flexibility index (Phi) is 10.0. The van der Waals surface area contributed by atoms with Crippen molar-refractivity contribution >= 4 is 11.3 Å². The summed E-state index contributed by atoms with van der Waals surface area (Å²) >= 11 is 1.63. The van der Waals surface area contributed by atoms with Crippen LogP contribution in [-0.2, 0) is 6.42 Å². The van der Waals surface area contributed by atoms with Gasteiger partial charge in [-0.1, -0.05) is 38.1 Å². The van der Waals surface area contributed by atoms with Gasteiger partial charge in [-0.15, -0.1) is 29.6 Å². The Bertz CT molecular complexity index is 1770. The molecule has 0 aliphatic heterocycles. The molecule has 5 rings (SSSR count). The predicted octanol–water partition coefficient (Wildman–Crippen LogP) is 7.21. The van der Waals surface area contributed by atoms with E-state index in [0.29, 0.717) is 24.1 Å². The number of benzene rings is 3. The van der Waals surface area contributed by atoms with Gasteiger partial charge < -0.3 is 9.47 Å². The van der Waals surface area contributed by atoms with Crippen molar-refractivity contribution in [1.82, 2.24) is 24.6 Å². The van der Waals surface area contributed by atoms with Gasteiger partial charge in [0.05, 0.1) is 25.2 Å². The summed E-state index contributed by atoms with van der Waals surface area (Å²) in [5, 5.41) is 10.0. The summed E-state index contributed by atoms with van der Waals surface area (Å²) in [5.74, 6) is 1.43. The zero-order valence-corrected chi connectivity index (χ0v) is 26.3. The Morgan fingerprint density at radius 1 is 1.00 bits per heavy atom. The first-order valence-corrected chi connectivity index (χ1v) is 15.4. The van der Waals surface area contributed by atoms with Crippen LogP contribution in [0.1, 0.15) is 43.0 Å². The van der Waals surface area contributed by atoms with E-state index in [0.717, 1.165) is 46.9 Å². The molecule has 0 amide bonds. The van der Waals surface area contributed by atoms with Gasteiger partial charge >= 0.3 is 6.36 Å². The van der Waals surface area contributed by atoms with Gasteiger partial charge in [-0.25, -0.2) is 14.7 Å². The number of thiazole rings is 1. The highest BCUT2D eigenvalue weighted by molar-refractivity contribution is 7.07. The first-order valence-electron chi connectivity index (χ1n) is 14.5. The molecule has 0 saturated heterocycles. The molecular formula is C33H35F3N6O2S. The van der Waals surface area contributed by atoms with Gasteiger partial charge in [-0.05, 0) is 85.8 Å². The fourth-order valence-corrected chi connectivity index (χ4v) is 5.75. The first kappa shape index (κ1) is 32.0. The summed E-state index contributed by atoms with van der Waals surface area (Å²) in [5.41, 5.74) is 6.11. The topological polar surface area (TPSA) is 78.5 Å². The maximum atomic E-state index is 12.4. The van der Waals surface area contributed by atoms with Crippen LogP contribution in [0.5, 0.6) is 11.5 Å². The molecule has 1 N–H and O–H groups in total. The maximum Gasteiger partial charge on any atom is 0.573 e. The van der Waals surface area contributed by atoms with Crippen molar-refractivity contribution in [3.05, 3.63) is 100 Å². The number of hydrogen-bond acceptors (Lipinski definition) is 7. The van der Waals surface area contributed by atoms with E-state index in [1.54, 1.807) is 18.4 Å². The van der Waals surface area contributed by atoms with Gasteiger partial charge in [0.15, 0.2) is 10.6 Å². The van der Waals surface area contributed by atoms with E-state index in [4.69, 9.17) is 9.73 Å². The zero-order chi connectivity index (χ0) is 32.0. The molecule has 0 fully saturated rings. The molecule has 0 aliphatic rings. The lowest BCUT2D eigenvalue weighted by atomic mass is 10.0. The second-order valence-corrected chi connectivity index (χ2v) is 11.6. The highest BCUT2D eigenvalue weighted by atomic mass is 32.1. The molecule has 0 saturated carbocycles. The smallest absolute Gasteiger partial charge is 0.497 e. The van der Waals surface area contributed by atoms with Gasteiger partial charge in [-0.2, -0.15) is 0 Å². The van der Waals surface area contributed by atoms with Crippen molar-refractivity contribution in [1.29, 1.82) is 0 Å². The summed E-state index contributed by atoms with van der Waals surface area (Å²) in [4.78, 5) is 10.2. The Morgan fingerprint density at radius 3 is 2.42 bits per heavy atom.